The Morgan fingerprint density at radius 2 is 2.37 bits per heavy atom. The van der Waals surface area contributed by atoms with Crippen LogP contribution in [0.25, 0.3) is 0 Å². The molecule has 1 saturated heterocycles. The molecule has 1 aliphatic heterocycles. The lowest BCUT2D eigenvalue weighted by atomic mass is 10.1. The molecule has 1 fully saturated rings. The van der Waals surface area contributed by atoms with Crippen molar-refractivity contribution in [3.8, 4) is 0 Å². The van der Waals surface area contributed by atoms with Crippen LogP contribution in [-0.4, -0.2) is 37.1 Å². The Morgan fingerprint density at radius 1 is 1.63 bits per heavy atom. The van der Waals surface area contributed by atoms with Gasteiger partial charge in [-0.05, 0) is 38.8 Å². The summed E-state index contributed by atoms with van der Waals surface area (Å²) in [5, 5.41) is 0. The molecule has 2 unspecified atom stereocenters. The fourth-order valence-corrected chi connectivity index (χ4v) is 2.73. The third-order valence-electron chi connectivity index (χ3n) is 3.82. The highest BCUT2D eigenvalue weighted by molar-refractivity contribution is 5.87. The highest BCUT2D eigenvalue weighted by atomic mass is 16.5. The van der Waals surface area contributed by atoms with Crippen LogP contribution in [-0.2, 0) is 11.3 Å². The van der Waals surface area contributed by atoms with Crippen molar-refractivity contribution < 1.29 is 13.9 Å². The summed E-state index contributed by atoms with van der Waals surface area (Å²) in [6, 6.07) is 2.41. The molecule has 0 aromatic carbocycles. The molecular weight excluding hydrogens is 244 g/mol. The van der Waals surface area contributed by atoms with Crippen LogP contribution in [0.3, 0.4) is 0 Å². The van der Waals surface area contributed by atoms with E-state index in [1.165, 1.54) is 7.11 Å². The molecule has 0 amide bonds. The molecule has 1 aromatic heterocycles. The predicted molar refractivity (Wildman–Crippen MR) is 71.8 cm³/mol. The normalized spacial score (nSPS) is 23.8. The van der Waals surface area contributed by atoms with Gasteiger partial charge < -0.3 is 14.9 Å². The number of nitrogens with zero attached hydrogens (tertiary/aromatic N) is 1. The molecule has 19 heavy (non-hydrogen) atoms. The smallest absolute Gasteiger partial charge is 0.374 e. The molecule has 0 spiro atoms. The van der Waals surface area contributed by atoms with Gasteiger partial charge in [0, 0.05) is 18.2 Å². The SMILES string of the molecule is COC(=O)c1oc(CN2CC(CN)CC2C)cc1C. The molecule has 1 aromatic rings. The van der Waals surface area contributed by atoms with Gasteiger partial charge in [-0.2, -0.15) is 0 Å². The highest BCUT2D eigenvalue weighted by Gasteiger charge is 2.29. The van der Waals surface area contributed by atoms with E-state index in [-0.39, 0.29) is 0 Å². The number of methoxy groups -OCH3 is 1. The van der Waals surface area contributed by atoms with Crippen LogP contribution in [0.1, 0.15) is 35.2 Å². The Hall–Kier alpha value is -1.33. The number of likely N-dealkylation sites (tertiary alicyclic amines) is 1. The van der Waals surface area contributed by atoms with Crippen molar-refractivity contribution in [3.05, 3.63) is 23.2 Å². The fourth-order valence-electron chi connectivity index (χ4n) is 2.73. The van der Waals surface area contributed by atoms with Gasteiger partial charge in [0.25, 0.3) is 0 Å². The summed E-state index contributed by atoms with van der Waals surface area (Å²) in [6.07, 6.45) is 1.13. The van der Waals surface area contributed by atoms with Crippen LogP contribution in [0.15, 0.2) is 10.5 Å². The Kier molecular flexibility index (Phi) is 4.27. The third kappa shape index (κ3) is 2.98. The van der Waals surface area contributed by atoms with Crippen molar-refractivity contribution in [2.24, 2.45) is 11.7 Å². The van der Waals surface area contributed by atoms with Crippen LogP contribution < -0.4 is 5.73 Å². The first-order valence-electron chi connectivity index (χ1n) is 6.66. The van der Waals surface area contributed by atoms with Gasteiger partial charge >= 0.3 is 5.97 Å². The van der Waals surface area contributed by atoms with E-state index in [4.69, 9.17) is 14.9 Å². The second-order valence-electron chi connectivity index (χ2n) is 5.33. The second kappa shape index (κ2) is 5.75. The number of aryl methyl sites for hydroxylation is 1. The Labute approximate surface area is 113 Å². The third-order valence-corrected chi connectivity index (χ3v) is 3.82. The molecule has 2 atom stereocenters. The zero-order valence-electron chi connectivity index (χ0n) is 11.8. The molecule has 5 nitrogen and oxygen atoms in total. The molecule has 106 valence electrons. The number of nitrogens with two attached hydrogens (primary N) is 1. The number of furan rings is 1. The first kappa shape index (κ1) is 14.1. The van der Waals surface area contributed by atoms with Crippen molar-refractivity contribution in [1.82, 2.24) is 4.90 Å². The largest absolute Gasteiger partial charge is 0.463 e. The minimum atomic E-state index is -0.418. The lowest BCUT2D eigenvalue weighted by molar-refractivity contribution is 0.0560. The average molecular weight is 266 g/mol. The summed E-state index contributed by atoms with van der Waals surface area (Å²) in [5.74, 6) is 1.26. The summed E-state index contributed by atoms with van der Waals surface area (Å²) in [4.78, 5) is 13.8. The summed E-state index contributed by atoms with van der Waals surface area (Å²) < 4.78 is 10.3. The number of ether oxygens (including phenoxy) is 1. The number of carbonyl (C=O) groups is 1. The van der Waals surface area contributed by atoms with Crippen LogP contribution in [0.5, 0.6) is 0 Å². The van der Waals surface area contributed by atoms with E-state index in [0.717, 1.165) is 37.4 Å². The van der Waals surface area contributed by atoms with Crippen molar-refractivity contribution >= 4 is 5.97 Å². The molecule has 1 aliphatic rings. The summed E-state index contributed by atoms with van der Waals surface area (Å²) in [7, 11) is 1.36. The lowest BCUT2D eigenvalue weighted by Crippen LogP contribution is -2.27. The monoisotopic (exact) mass is 266 g/mol. The molecule has 5 heteroatoms. The number of esters is 1. The van der Waals surface area contributed by atoms with Gasteiger partial charge in [0.15, 0.2) is 0 Å². The van der Waals surface area contributed by atoms with Gasteiger partial charge in [0.05, 0.1) is 13.7 Å². The van der Waals surface area contributed by atoms with Crippen molar-refractivity contribution in [3.63, 3.8) is 0 Å². The zero-order chi connectivity index (χ0) is 14.0. The maximum absolute atomic E-state index is 11.5. The first-order chi connectivity index (χ1) is 9.05. The summed E-state index contributed by atoms with van der Waals surface area (Å²) in [5.41, 5.74) is 6.55. The summed E-state index contributed by atoms with van der Waals surface area (Å²) >= 11 is 0. The number of hydrogen-bond acceptors (Lipinski definition) is 5. The minimum absolute atomic E-state index is 0.305. The van der Waals surface area contributed by atoms with E-state index >= 15 is 0 Å². The number of hydrogen-bond donors (Lipinski definition) is 1. The van der Waals surface area contributed by atoms with Gasteiger partial charge in [-0.1, -0.05) is 0 Å². The quantitative estimate of drug-likeness (QED) is 0.837. The molecule has 2 rings (SSSR count). The molecule has 0 aliphatic carbocycles. The maximum Gasteiger partial charge on any atom is 0.374 e. The Morgan fingerprint density at radius 3 is 2.95 bits per heavy atom. The van der Waals surface area contributed by atoms with Crippen LogP contribution in [0.2, 0.25) is 0 Å². The van der Waals surface area contributed by atoms with Crippen LogP contribution in [0, 0.1) is 12.8 Å². The minimum Gasteiger partial charge on any atom is -0.463 e. The first-order valence-corrected chi connectivity index (χ1v) is 6.66. The van der Waals surface area contributed by atoms with E-state index in [1.807, 2.05) is 13.0 Å². The molecule has 2 heterocycles. The van der Waals surface area contributed by atoms with E-state index in [0.29, 0.717) is 17.7 Å². The van der Waals surface area contributed by atoms with E-state index in [1.54, 1.807) is 0 Å². The summed E-state index contributed by atoms with van der Waals surface area (Å²) in [6.45, 7) is 6.49. The van der Waals surface area contributed by atoms with E-state index in [2.05, 4.69) is 11.8 Å². The second-order valence-corrected chi connectivity index (χ2v) is 5.33. The van der Waals surface area contributed by atoms with Gasteiger partial charge in [-0.15, -0.1) is 0 Å². The fraction of sp³-hybridized carbons (Fsp3) is 0.643. The van der Waals surface area contributed by atoms with Crippen LogP contribution in [0.4, 0.5) is 0 Å². The van der Waals surface area contributed by atoms with E-state index < -0.39 is 5.97 Å². The van der Waals surface area contributed by atoms with Crippen molar-refractivity contribution in [1.29, 1.82) is 0 Å². The van der Waals surface area contributed by atoms with Gasteiger partial charge in [0.1, 0.15) is 5.76 Å². The maximum atomic E-state index is 11.5. The highest BCUT2D eigenvalue weighted by Crippen LogP contribution is 2.25. The number of rotatable bonds is 4. The predicted octanol–water partition coefficient (Wildman–Crippen LogP) is 1.54. The lowest BCUT2D eigenvalue weighted by Gasteiger charge is -2.19. The Bertz CT molecular complexity index is 456. The van der Waals surface area contributed by atoms with Gasteiger partial charge in [0.2, 0.25) is 5.76 Å². The van der Waals surface area contributed by atoms with E-state index in [9.17, 15) is 4.79 Å². The van der Waals surface area contributed by atoms with Gasteiger partial charge in [-0.25, -0.2) is 4.79 Å². The van der Waals surface area contributed by atoms with Crippen molar-refractivity contribution in [2.75, 3.05) is 20.2 Å². The molecule has 0 bridgehead atoms. The standard InChI is InChI=1S/C14H22N2O3/c1-9-4-12(19-13(9)14(17)18-3)8-16-7-11(6-15)5-10(16)2/h4,10-11H,5-8,15H2,1-3H3. The number of carbonyl (C=O) groups excluding carboxylic acids is 1. The zero-order valence-corrected chi connectivity index (χ0v) is 11.8. The Balaban J connectivity index is 2.06. The van der Waals surface area contributed by atoms with Crippen molar-refractivity contribution in [2.45, 2.75) is 32.9 Å². The molecule has 2 N–H and O–H groups in total. The molecule has 0 saturated carbocycles. The topological polar surface area (TPSA) is 68.7 Å². The molecule has 0 radical (unpaired) electrons. The molecular formula is C14H22N2O3. The average Bonchev–Trinajstić information content (AvgIpc) is 2.93. The van der Waals surface area contributed by atoms with Crippen LogP contribution >= 0.6 is 0 Å². The van der Waals surface area contributed by atoms with Gasteiger partial charge in [-0.3, -0.25) is 4.90 Å².